The van der Waals surface area contributed by atoms with Gasteiger partial charge in [-0.05, 0) is 29.7 Å². The summed E-state index contributed by atoms with van der Waals surface area (Å²) in [7, 11) is 0. The number of rotatable bonds is 5. The van der Waals surface area contributed by atoms with Crippen molar-refractivity contribution >= 4 is 11.0 Å². The van der Waals surface area contributed by atoms with E-state index >= 15 is 0 Å². The van der Waals surface area contributed by atoms with E-state index in [9.17, 15) is 9.59 Å². The maximum absolute atomic E-state index is 13.1. The van der Waals surface area contributed by atoms with Crippen molar-refractivity contribution in [2.75, 3.05) is 0 Å². The largest absolute Gasteiger partial charge is 0.331 e. The molecule has 0 fully saturated rings. The maximum Gasteiger partial charge on any atom is 0.331 e. The molecule has 2 aromatic carbocycles. The third-order valence-corrected chi connectivity index (χ3v) is 4.64. The van der Waals surface area contributed by atoms with Gasteiger partial charge in [-0.25, -0.2) is 9.78 Å². The highest BCUT2D eigenvalue weighted by molar-refractivity contribution is 5.73. The summed E-state index contributed by atoms with van der Waals surface area (Å²) in [4.78, 5) is 30.2. The van der Waals surface area contributed by atoms with E-state index < -0.39 is 0 Å². The summed E-state index contributed by atoms with van der Waals surface area (Å²) in [5.74, 6) is 0. The molecule has 0 spiro atoms. The SMILES string of the molecule is O=c1c2ncccc2n(CCc2ccccc2)c(=O)n1Cc1ccccc1. The second-order valence-electron chi connectivity index (χ2n) is 6.42. The molecule has 0 radical (unpaired) electrons. The lowest BCUT2D eigenvalue weighted by Crippen LogP contribution is -2.41. The average Bonchev–Trinajstić information content (AvgIpc) is 2.73. The van der Waals surface area contributed by atoms with Crippen molar-refractivity contribution in [3.05, 3.63) is 111 Å². The number of hydrogen-bond donors (Lipinski definition) is 0. The van der Waals surface area contributed by atoms with Crippen LogP contribution in [0, 0.1) is 0 Å². The van der Waals surface area contributed by atoms with E-state index in [-0.39, 0.29) is 17.8 Å². The monoisotopic (exact) mass is 357 g/mol. The van der Waals surface area contributed by atoms with E-state index in [1.54, 1.807) is 22.9 Å². The predicted octanol–water partition coefficient (Wildman–Crippen LogP) is 2.85. The molecule has 4 rings (SSSR count). The van der Waals surface area contributed by atoms with Gasteiger partial charge in [0.1, 0.15) is 0 Å². The molecule has 27 heavy (non-hydrogen) atoms. The van der Waals surface area contributed by atoms with Crippen LogP contribution in [0.5, 0.6) is 0 Å². The molecule has 0 bridgehead atoms. The Morgan fingerprint density at radius 2 is 1.41 bits per heavy atom. The highest BCUT2D eigenvalue weighted by atomic mass is 16.2. The molecule has 0 amide bonds. The zero-order chi connectivity index (χ0) is 18.6. The van der Waals surface area contributed by atoms with Crippen LogP contribution >= 0.6 is 0 Å². The highest BCUT2D eigenvalue weighted by Crippen LogP contribution is 2.08. The molecule has 0 aliphatic rings. The molecule has 134 valence electrons. The van der Waals surface area contributed by atoms with E-state index in [0.717, 1.165) is 11.1 Å². The summed E-state index contributed by atoms with van der Waals surface area (Å²) in [5.41, 5.74) is 2.29. The fourth-order valence-corrected chi connectivity index (χ4v) is 3.25. The zero-order valence-corrected chi connectivity index (χ0v) is 14.8. The zero-order valence-electron chi connectivity index (χ0n) is 14.8. The van der Waals surface area contributed by atoms with Gasteiger partial charge >= 0.3 is 5.69 Å². The van der Waals surface area contributed by atoms with Crippen LogP contribution in [-0.2, 0) is 19.5 Å². The Balaban J connectivity index is 1.82. The van der Waals surface area contributed by atoms with Crippen molar-refractivity contribution in [1.29, 1.82) is 0 Å². The Kier molecular flexibility index (Phi) is 4.66. The lowest BCUT2D eigenvalue weighted by Gasteiger charge is -2.14. The van der Waals surface area contributed by atoms with Gasteiger partial charge in [-0.2, -0.15) is 0 Å². The second-order valence-corrected chi connectivity index (χ2v) is 6.42. The van der Waals surface area contributed by atoms with E-state index in [0.29, 0.717) is 24.0 Å². The van der Waals surface area contributed by atoms with Crippen LogP contribution in [0.25, 0.3) is 11.0 Å². The number of fused-ring (bicyclic) bond motifs is 1. The van der Waals surface area contributed by atoms with Crippen molar-refractivity contribution in [2.45, 2.75) is 19.5 Å². The molecule has 4 aromatic rings. The summed E-state index contributed by atoms with van der Waals surface area (Å²) < 4.78 is 2.93. The van der Waals surface area contributed by atoms with E-state index in [1.807, 2.05) is 60.7 Å². The minimum Gasteiger partial charge on any atom is -0.291 e. The number of pyridine rings is 1. The Bertz CT molecular complexity index is 1180. The molecular weight excluding hydrogens is 338 g/mol. The van der Waals surface area contributed by atoms with E-state index in [1.165, 1.54) is 4.57 Å². The summed E-state index contributed by atoms with van der Waals surface area (Å²) in [6, 6.07) is 23.0. The quantitative estimate of drug-likeness (QED) is 0.552. The van der Waals surface area contributed by atoms with Crippen molar-refractivity contribution in [3.8, 4) is 0 Å². The number of aryl methyl sites for hydroxylation is 2. The number of hydrogen-bond acceptors (Lipinski definition) is 3. The van der Waals surface area contributed by atoms with Crippen molar-refractivity contribution in [1.82, 2.24) is 14.1 Å². The standard InChI is InChI=1S/C22H19N3O2/c26-21-20-19(12-7-14-23-20)24(15-13-17-8-3-1-4-9-17)22(27)25(21)16-18-10-5-2-6-11-18/h1-12,14H,13,15-16H2. The first-order chi connectivity index (χ1) is 13.2. The molecule has 2 aromatic heterocycles. The van der Waals surface area contributed by atoms with Crippen LogP contribution < -0.4 is 11.2 Å². The molecule has 0 saturated carbocycles. The summed E-state index contributed by atoms with van der Waals surface area (Å²) >= 11 is 0. The van der Waals surface area contributed by atoms with Gasteiger partial charge in [-0.15, -0.1) is 0 Å². The Morgan fingerprint density at radius 3 is 2.11 bits per heavy atom. The first-order valence-corrected chi connectivity index (χ1v) is 8.90. The topological polar surface area (TPSA) is 56.9 Å². The molecule has 2 heterocycles. The highest BCUT2D eigenvalue weighted by Gasteiger charge is 2.14. The molecule has 0 N–H and O–H groups in total. The van der Waals surface area contributed by atoms with Gasteiger partial charge < -0.3 is 0 Å². The first kappa shape index (κ1) is 17.0. The molecular formula is C22H19N3O2. The van der Waals surface area contributed by atoms with Crippen LogP contribution in [0.15, 0.2) is 88.6 Å². The lowest BCUT2D eigenvalue weighted by molar-refractivity contribution is 0.599. The Hall–Kier alpha value is -3.47. The lowest BCUT2D eigenvalue weighted by atomic mass is 10.1. The molecule has 0 saturated heterocycles. The summed E-state index contributed by atoms with van der Waals surface area (Å²) in [6.45, 7) is 0.719. The average molecular weight is 357 g/mol. The third-order valence-electron chi connectivity index (χ3n) is 4.64. The van der Waals surface area contributed by atoms with Crippen LogP contribution in [0.1, 0.15) is 11.1 Å². The van der Waals surface area contributed by atoms with E-state index in [2.05, 4.69) is 4.98 Å². The van der Waals surface area contributed by atoms with Crippen LogP contribution in [0.4, 0.5) is 0 Å². The van der Waals surface area contributed by atoms with Crippen LogP contribution in [0.3, 0.4) is 0 Å². The maximum atomic E-state index is 13.1. The minimum absolute atomic E-state index is 0.232. The number of benzene rings is 2. The van der Waals surface area contributed by atoms with Gasteiger partial charge in [0.2, 0.25) is 0 Å². The summed E-state index contributed by atoms with van der Waals surface area (Å²) in [5, 5.41) is 0. The predicted molar refractivity (Wildman–Crippen MR) is 106 cm³/mol. The molecule has 0 unspecified atom stereocenters. The van der Waals surface area contributed by atoms with Gasteiger partial charge in [0.05, 0.1) is 12.1 Å². The second kappa shape index (κ2) is 7.41. The van der Waals surface area contributed by atoms with Gasteiger partial charge in [0, 0.05) is 12.7 Å². The minimum atomic E-state index is -0.351. The smallest absolute Gasteiger partial charge is 0.291 e. The third kappa shape index (κ3) is 3.44. The first-order valence-electron chi connectivity index (χ1n) is 8.90. The van der Waals surface area contributed by atoms with Gasteiger partial charge in [0.25, 0.3) is 5.56 Å². The molecule has 5 nitrogen and oxygen atoms in total. The molecule has 5 heteroatoms. The Labute approximate surface area is 156 Å². The normalized spacial score (nSPS) is 11.0. The van der Waals surface area contributed by atoms with Crippen molar-refractivity contribution < 1.29 is 0 Å². The fourth-order valence-electron chi connectivity index (χ4n) is 3.25. The van der Waals surface area contributed by atoms with Crippen LogP contribution in [0.2, 0.25) is 0 Å². The molecule has 0 atom stereocenters. The van der Waals surface area contributed by atoms with Crippen LogP contribution in [-0.4, -0.2) is 14.1 Å². The number of aromatic nitrogens is 3. The fraction of sp³-hybridized carbons (Fsp3) is 0.136. The number of nitrogens with zero attached hydrogens (tertiary/aromatic N) is 3. The molecule has 0 aliphatic heterocycles. The summed E-state index contributed by atoms with van der Waals surface area (Å²) in [6.07, 6.45) is 2.29. The van der Waals surface area contributed by atoms with Gasteiger partial charge in [-0.3, -0.25) is 13.9 Å². The van der Waals surface area contributed by atoms with Crippen molar-refractivity contribution in [2.24, 2.45) is 0 Å². The van der Waals surface area contributed by atoms with Gasteiger partial charge in [0.15, 0.2) is 5.52 Å². The van der Waals surface area contributed by atoms with E-state index in [4.69, 9.17) is 0 Å². The Morgan fingerprint density at radius 1 is 0.741 bits per heavy atom. The van der Waals surface area contributed by atoms with Gasteiger partial charge in [-0.1, -0.05) is 60.7 Å². The molecule has 0 aliphatic carbocycles. The van der Waals surface area contributed by atoms with Crippen molar-refractivity contribution in [3.63, 3.8) is 0 Å².